The Hall–Kier alpha value is -3.11. The highest BCUT2D eigenvalue weighted by atomic mass is 16.5. The van der Waals surface area contributed by atoms with Crippen molar-refractivity contribution in [3.8, 4) is 5.75 Å². The van der Waals surface area contributed by atoms with Gasteiger partial charge >= 0.3 is 5.69 Å². The van der Waals surface area contributed by atoms with Crippen molar-refractivity contribution < 1.29 is 14.9 Å². The van der Waals surface area contributed by atoms with Crippen molar-refractivity contribution in [2.24, 2.45) is 7.05 Å². The third-order valence-electron chi connectivity index (χ3n) is 4.54. The average Bonchev–Trinajstić information content (AvgIpc) is 3.04. The molecule has 3 aromatic rings. The van der Waals surface area contributed by atoms with Crippen molar-refractivity contribution in [2.45, 2.75) is 26.0 Å². The number of para-hydroxylation sites is 1. The lowest BCUT2D eigenvalue weighted by Gasteiger charge is -2.16. The molecule has 0 saturated carbocycles. The second-order valence-corrected chi connectivity index (χ2v) is 6.77. The summed E-state index contributed by atoms with van der Waals surface area (Å²) in [5.74, 6) is 0.999. The highest BCUT2D eigenvalue weighted by Gasteiger charge is 2.20. The molecule has 2 heterocycles. The van der Waals surface area contributed by atoms with E-state index in [0.717, 1.165) is 5.56 Å². The molecule has 10 nitrogen and oxygen atoms in total. The number of nitrogens with zero attached hydrogens (tertiary/aromatic N) is 3. The smallest absolute Gasteiger partial charge is 0.329 e. The van der Waals surface area contributed by atoms with Crippen LogP contribution in [0.25, 0.3) is 11.2 Å². The number of aliphatic hydroxyl groups excluding tert-OH is 2. The number of hydrogen-bond donors (Lipinski definition) is 4. The van der Waals surface area contributed by atoms with E-state index in [0.29, 0.717) is 24.7 Å². The molecule has 156 valence electrons. The molecular formula is C19H25N5O5. The van der Waals surface area contributed by atoms with Crippen LogP contribution in [0.3, 0.4) is 0 Å². The van der Waals surface area contributed by atoms with Crippen LogP contribution in [0, 0.1) is 6.92 Å². The topological polar surface area (TPSA) is 134 Å². The van der Waals surface area contributed by atoms with Crippen molar-refractivity contribution in [3.05, 3.63) is 50.7 Å². The summed E-state index contributed by atoms with van der Waals surface area (Å²) in [6, 6.07) is 7.48. The van der Waals surface area contributed by atoms with Gasteiger partial charge in [-0.3, -0.25) is 14.3 Å². The molecule has 1 aromatic carbocycles. The molecule has 0 unspecified atom stereocenters. The average molecular weight is 403 g/mol. The molecule has 3 rings (SSSR count). The second kappa shape index (κ2) is 8.93. The molecule has 2 aromatic heterocycles. The zero-order chi connectivity index (χ0) is 21.0. The number of fused-ring (bicyclic) bond motifs is 1. The summed E-state index contributed by atoms with van der Waals surface area (Å²) in [4.78, 5) is 30.9. The van der Waals surface area contributed by atoms with Crippen molar-refractivity contribution in [1.82, 2.24) is 19.1 Å². The summed E-state index contributed by atoms with van der Waals surface area (Å²) in [7, 11) is 1.51. The van der Waals surface area contributed by atoms with Gasteiger partial charge in [-0.15, -0.1) is 0 Å². The maximum atomic E-state index is 12.4. The number of H-pyrrole nitrogens is 1. The first-order chi connectivity index (χ1) is 13.9. The molecule has 1 atom stereocenters. The Morgan fingerprint density at radius 3 is 2.79 bits per heavy atom. The van der Waals surface area contributed by atoms with Crippen molar-refractivity contribution >= 4 is 17.1 Å². The lowest BCUT2D eigenvalue weighted by molar-refractivity contribution is 0.0935. The summed E-state index contributed by atoms with van der Waals surface area (Å²) in [5.41, 5.74) is 0.173. The predicted octanol–water partition coefficient (Wildman–Crippen LogP) is -0.0341. The molecule has 0 saturated heterocycles. The number of benzene rings is 1. The van der Waals surface area contributed by atoms with Crippen molar-refractivity contribution in [3.63, 3.8) is 0 Å². The maximum absolute atomic E-state index is 12.4. The molecule has 0 bridgehead atoms. The normalized spacial score (nSPS) is 12.3. The highest BCUT2D eigenvalue weighted by Crippen LogP contribution is 2.18. The molecule has 0 aliphatic rings. The minimum Gasteiger partial charge on any atom is -0.491 e. The Morgan fingerprint density at radius 2 is 2.07 bits per heavy atom. The minimum absolute atomic E-state index is 0.000804. The molecule has 0 amide bonds. The predicted molar refractivity (Wildman–Crippen MR) is 108 cm³/mol. The molecule has 0 fully saturated rings. The third-order valence-corrected chi connectivity index (χ3v) is 4.54. The summed E-state index contributed by atoms with van der Waals surface area (Å²) in [5, 5.41) is 22.6. The number of aromatic nitrogens is 4. The van der Waals surface area contributed by atoms with Gasteiger partial charge in [0.05, 0.1) is 6.54 Å². The Balaban J connectivity index is 1.88. The van der Waals surface area contributed by atoms with Gasteiger partial charge in [0.15, 0.2) is 11.2 Å². The van der Waals surface area contributed by atoms with Crippen LogP contribution in [0.1, 0.15) is 12.0 Å². The van der Waals surface area contributed by atoms with Gasteiger partial charge in [-0.25, -0.2) is 4.79 Å². The SMILES string of the molecule is Cc1ccccc1OC[C@H](O)Cn1c(NCCCO)nc2c1c(=O)[nH]c(=O)n2C. The highest BCUT2D eigenvalue weighted by molar-refractivity contribution is 5.74. The molecule has 10 heteroatoms. The van der Waals surface area contributed by atoms with E-state index < -0.39 is 17.4 Å². The fourth-order valence-corrected chi connectivity index (χ4v) is 2.99. The van der Waals surface area contributed by atoms with Gasteiger partial charge in [-0.1, -0.05) is 18.2 Å². The van der Waals surface area contributed by atoms with Gasteiger partial charge < -0.3 is 24.8 Å². The van der Waals surface area contributed by atoms with Crippen LogP contribution in [0.2, 0.25) is 0 Å². The number of aromatic amines is 1. The zero-order valence-corrected chi connectivity index (χ0v) is 16.4. The Bertz CT molecular complexity index is 1100. The van der Waals surface area contributed by atoms with Gasteiger partial charge in [0.25, 0.3) is 5.56 Å². The van der Waals surface area contributed by atoms with Gasteiger partial charge in [0, 0.05) is 20.2 Å². The van der Waals surface area contributed by atoms with Crippen molar-refractivity contribution in [2.75, 3.05) is 25.1 Å². The van der Waals surface area contributed by atoms with Crippen LogP contribution in [-0.2, 0) is 13.6 Å². The van der Waals surface area contributed by atoms with E-state index in [1.807, 2.05) is 31.2 Å². The van der Waals surface area contributed by atoms with E-state index in [1.54, 1.807) is 0 Å². The summed E-state index contributed by atoms with van der Waals surface area (Å²) >= 11 is 0. The first kappa shape index (κ1) is 20.6. The third kappa shape index (κ3) is 4.49. The number of nitrogens with one attached hydrogen (secondary N) is 2. The molecule has 4 N–H and O–H groups in total. The standard InChI is InChI=1S/C19H25N5O5/c1-12-6-3-4-7-14(12)29-11-13(26)10-24-15-16(21-18(24)20-8-5-9-25)23(2)19(28)22-17(15)27/h3-4,6-7,13,25-26H,5,8-11H2,1-2H3,(H,20,21)(H,22,27,28)/t13-/m1/s1. The first-order valence-corrected chi connectivity index (χ1v) is 9.33. The molecular weight excluding hydrogens is 378 g/mol. The molecule has 29 heavy (non-hydrogen) atoms. The van der Waals surface area contributed by atoms with Crippen LogP contribution in [0.5, 0.6) is 5.75 Å². The maximum Gasteiger partial charge on any atom is 0.329 e. The van der Waals surface area contributed by atoms with Gasteiger partial charge in [0.1, 0.15) is 18.5 Å². The number of imidazole rings is 1. The summed E-state index contributed by atoms with van der Waals surface area (Å²) in [6.07, 6.45) is -0.445. The number of ether oxygens (including phenoxy) is 1. The Kier molecular flexibility index (Phi) is 6.35. The van der Waals surface area contributed by atoms with Gasteiger partial charge in [-0.05, 0) is 25.0 Å². The second-order valence-electron chi connectivity index (χ2n) is 6.77. The number of hydrogen-bond acceptors (Lipinski definition) is 7. The first-order valence-electron chi connectivity index (χ1n) is 9.33. The van der Waals surface area contributed by atoms with E-state index >= 15 is 0 Å². The van der Waals surface area contributed by atoms with Crippen LogP contribution in [0.4, 0.5) is 5.95 Å². The van der Waals surface area contributed by atoms with E-state index in [1.165, 1.54) is 16.2 Å². The Morgan fingerprint density at radius 1 is 1.31 bits per heavy atom. The number of rotatable bonds is 9. The van der Waals surface area contributed by atoms with Gasteiger partial charge in [0.2, 0.25) is 5.95 Å². The summed E-state index contributed by atoms with van der Waals surface area (Å²) < 4.78 is 8.45. The fraction of sp³-hybridized carbons (Fsp3) is 0.421. The fourth-order valence-electron chi connectivity index (χ4n) is 2.99. The quantitative estimate of drug-likeness (QED) is 0.369. The van der Waals surface area contributed by atoms with E-state index in [-0.39, 0.29) is 30.9 Å². The molecule has 0 spiro atoms. The largest absolute Gasteiger partial charge is 0.491 e. The van der Waals surface area contributed by atoms with Crippen LogP contribution < -0.4 is 21.3 Å². The Labute approximate surface area is 166 Å². The van der Waals surface area contributed by atoms with E-state index in [9.17, 15) is 14.7 Å². The monoisotopic (exact) mass is 403 g/mol. The van der Waals surface area contributed by atoms with E-state index in [2.05, 4.69) is 15.3 Å². The van der Waals surface area contributed by atoms with Crippen LogP contribution in [-0.4, -0.2) is 55.2 Å². The van der Waals surface area contributed by atoms with Gasteiger partial charge in [-0.2, -0.15) is 4.98 Å². The molecule has 0 radical (unpaired) electrons. The number of aliphatic hydroxyl groups is 2. The van der Waals surface area contributed by atoms with Crippen LogP contribution >= 0.6 is 0 Å². The molecule has 0 aliphatic carbocycles. The summed E-state index contributed by atoms with van der Waals surface area (Å²) in [6.45, 7) is 2.38. The van der Waals surface area contributed by atoms with Crippen LogP contribution in [0.15, 0.2) is 33.9 Å². The minimum atomic E-state index is -0.929. The zero-order valence-electron chi connectivity index (χ0n) is 16.4. The lowest BCUT2D eigenvalue weighted by Crippen LogP contribution is -2.31. The van der Waals surface area contributed by atoms with E-state index in [4.69, 9.17) is 9.84 Å². The number of anilines is 1. The molecule has 0 aliphatic heterocycles. The van der Waals surface area contributed by atoms with Crippen molar-refractivity contribution in [1.29, 1.82) is 0 Å². The lowest BCUT2D eigenvalue weighted by atomic mass is 10.2. The number of aryl methyl sites for hydroxylation is 2.